The summed E-state index contributed by atoms with van der Waals surface area (Å²) in [5.41, 5.74) is 3.29. The summed E-state index contributed by atoms with van der Waals surface area (Å²) in [5, 5.41) is 0. The highest BCUT2D eigenvalue weighted by molar-refractivity contribution is 5.87. The summed E-state index contributed by atoms with van der Waals surface area (Å²) < 4.78 is 0. The van der Waals surface area contributed by atoms with Crippen LogP contribution in [0.2, 0.25) is 0 Å². The van der Waals surface area contributed by atoms with Gasteiger partial charge in [-0.1, -0.05) is 61.0 Å². The molecular formula is C28H34N2O2. The summed E-state index contributed by atoms with van der Waals surface area (Å²) in [4.78, 5) is 30.8. The quantitative estimate of drug-likeness (QED) is 0.685. The summed E-state index contributed by atoms with van der Waals surface area (Å²) in [5.74, 6) is 0.654. The highest BCUT2D eigenvalue weighted by atomic mass is 16.2. The summed E-state index contributed by atoms with van der Waals surface area (Å²) >= 11 is 0. The minimum absolute atomic E-state index is 0.145. The molecule has 0 radical (unpaired) electrons. The molecule has 1 saturated heterocycles. The Morgan fingerprint density at radius 2 is 1.69 bits per heavy atom. The number of benzene rings is 2. The molecule has 1 spiro atoms. The molecule has 2 atom stereocenters. The molecule has 168 valence electrons. The topological polar surface area (TPSA) is 40.6 Å². The van der Waals surface area contributed by atoms with E-state index in [0.29, 0.717) is 24.3 Å². The number of hydrogen-bond donors (Lipinski definition) is 0. The Bertz CT molecular complexity index is 1010. The Balaban J connectivity index is 1.44. The molecule has 2 saturated carbocycles. The number of piperidine rings is 1. The van der Waals surface area contributed by atoms with E-state index in [9.17, 15) is 9.59 Å². The van der Waals surface area contributed by atoms with Gasteiger partial charge in [0.15, 0.2) is 0 Å². The van der Waals surface area contributed by atoms with Crippen LogP contribution in [-0.2, 0) is 16.0 Å². The number of carbonyl (C=O) groups is 2. The summed E-state index contributed by atoms with van der Waals surface area (Å²) in [6, 6.07) is 18.8. The van der Waals surface area contributed by atoms with Gasteiger partial charge in [-0.25, -0.2) is 0 Å². The summed E-state index contributed by atoms with van der Waals surface area (Å²) in [6.07, 6.45) is 7.13. The molecule has 0 unspecified atom stereocenters. The lowest BCUT2D eigenvalue weighted by atomic mass is 9.72. The number of amides is 2. The van der Waals surface area contributed by atoms with Crippen molar-refractivity contribution in [3.05, 3.63) is 60.2 Å². The molecule has 3 fully saturated rings. The molecule has 1 aliphatic heterocycles. The van der Waals surface area contributed by atoms with Gasteiger partial charge in [-0.3, -0.25) is 9.59 Å². The smallest absolute Gasteiger partial charge is 0.230 e. The first-order valence-corrected chi connectivity index (χ1v) is 12.1. The van der Waals surface area contributed by atoms with E-state index in [1.165, 1.54) is 36.0 Å². The van der Waals surface area contributed by atoms with Gasteiger partial charge in [0.05, 0.1) is 5.41 Å². The van der Waals surface area contributed by atoms with Gasteiger partial charge >= 0.3 is 0 Å². The van der Waals surface area contributed by atoms with Gasteiger partial charge in [0.2, 0.25) is 11.8 Å². The Labute approximate surface area is 191 Å². The van der Waals surface area contributed by atoms with Crippen LogP contribution in [0, 0.1) is 16.7 Å². The molecule has 2 aromatic carbocycles. The van der Waals surface area contributed by atoms with E-state index >= 15 is 0 Å². The standard InChI is InChI=1S/C28H34N2O2/c1-29(2)26(32)28(18-22-12-6-7-13-23(22)21-10-4-3-5-11-21)16-9-17-30(20-28)25(31)24-19-27(24)14-8-15-27/h3-7,10-13,24H,8-9,14-20H2,1-2H3/t24-,28+/m1/s1. The summed E-state index contributed by atoms with van der Waals surface area (Å²) in [7, 11) is 3.69. The predicted molar refractivity (Wildman–Crippen MR) is 127 cm³/mol. The fourth-order valence-electron chi connectivity index (χ4n) is 6.23. The van der Waals surface area contributed by atoms with Crippen molar-refractivity contribution in [1.82, 2.24) is 9.80 Å². The molecule has 2 aliphatic carbocycles. The first-order valence-electron chi connectivity index (χ1n) is 12.1. The second-order valence-electron chi connectivity index (χ2n) is 10.5. The van der Waals surface area contributed by atoms with E-state index in [-0.39, 0.29) is 11.8 Å². The van der Waals surface area contributed by atoms with E-state index in [1.54, 1.807) is 4.90 Å². The van der Waals surface area contributed by atoms with Crippen molar-refractivity contribution in [3.63, 3.8) is 0 Å². The zero-order valence-electron chi connectivity index (χ0n) is 19.3. The van der Waals surface area contributed by atoms with Crippen LogP contribution in [0.1, 0.15) is 44.1 Å². The van der Waals surface area contributed by atoms with E-state index in [1.807, 2.05) is 25.1 Å². The first-order chi connectivity index (χ1) is 15.4. The highest BCUT2D eigenvalue weighted by Gasteiger charge is 2.62. The van der Waals surface area contributed by atoms with Crippen molar-refractivity contribution in [2.45, 2.75) is 44.9 Å². The number of carbonyl (C=O) groups excluding carboxylic acids is 2. The zero-order chi connectivity index (χ0) is 22.3. The lowest BCUT2D eigenvalue weighted by Crippen LogP contribution is -2.54. The van der Waals surface area contributed by atoms with Gasteiger partial charge < -0.3 is 9.80 Å². The third-order valence-corrected chi connectivity index (χ3v) is 8.22. The Morgan fingerprint density at radius 3 is 2.34 bits per heavy atom. The normalized spacial score (nSPS) is 25.8. The molecule has 0 N–H and O–H groups in total. The third kappa shape index (κ3) is 3.64. The predicted octanol–water partition coefficient (Wildman–Crippen LogP) is 4.78. The first kappa shape index (κ1) is 21.2. The van der Waals surface area contributed by atoms with Crippen molar-refractivity contribution < 1.29 is 9.59 Å². The second kappa shape index (κ2) is 8.06. The highest BCUT2D eigenvalue weighted by Crippen LogP contribution is 2.66. The molecule has 3 aliphatic rings. The monoisotopic (exact) mass is 430 g/mol. The lowest BCUT2D eigenvalue weighted by Gasteiger charge is -2.44. The molecule has 0 bridgehead atoms. The van der Waals surface area contributed by atoms with Gasteiger partial charge in [0, 0.05) is 33.1 Å². The SMILES string of the molecule is CN(C)C(=O)[C@]1(Cc2ccccc2-c2ccccc2)CCCN(C(=O)[C@H]2CC23CCC3)C1. The molecule has 4 nitrogen and oxygen atoms in total. The molecule has 2 amide bonds. The average Bonchev–Trinajstić information content (AvgIpc) is 3.56. The van der Waals surface area contributed by atoms with E-state index in [4.69, 9.17) is 0 Å². The Kier molecular flexibility index (Phi) is 5.35. The fourth-order valence-corrected chi connectivity index (χ4v) is 6.23. The third-order valence-electron chi connectivity index (χ3n) is 8.22. The van der Waals surface area contributed by atoms with Gasteiger partial charge in [0.1, 0.15) is 0 Å². The van der Waals surface area contributed by atoms with Gasteiger partial charge in [-0.15, -0.1) is 0 Å². The Hall–Kier alpha value is -2.62. The van der Waals surface area contributed by atoms with Crippen LogP contribution in [0.25, 0.3) is 11.1 Å². The van der Waals surface area contributed by atoms with Crippen molar-refractivity contribution in [3.8, 4) is 11.1 Å². The molecule has 1 heterocycles. The molecule has 2 aromatic rings. The number of rotatable bonds is 5. The van der Waals surface area contributed by atoms with Crippen LogP contribution in [0.4, 0.5) is 0 Å². The minimum Gasteiger partial charge on any atom is -0.348 e. The largest absolute Gasteiger partial charge is 0.348 e. The zero-order valence-corrected chi connectivity index (χ0v) is 19.3. The second-order valence-corrected chi connectivity index (χ2v) is 10.5. The number of likely N-dealkylation sites (tertiary alicyclic amines) is 1. The van der Waals surface area contributed by atoms with Crippen LogP contribution in [0.3, 0.4) is 0 Å². The average molecular weight is 431 g/mol. The maximum absolute atomic E-state index is 13.6. The van der Waals surface area contributed by atoms with Crippen molar-refractivity contribution >= 4 is 11.8 Å². The Morgan fingerprint density at radius 1 is 0.969 bits per heavy atom. The van der Waals surface area contributed by atoms with Crippen LogP contribution in [0.15, 0.2) is 54.6 Å². The maximum Gasteiger partial charge on any atom is 0.230 e. The fraction of sp³-hybridized carbons (Fsp3) is 0.500. The van der Waals surface area contributed by atoms with Crippen LogP contribution in [0.5, 0.6) is 0 Å². The molecule has 5 rings (SSSR count). The van der Waals surface area contributed by atoms with Crippen LogP contribution >= 0.6 is 0 Å². The molecule has 0 aromatic heterocycles. The van der Waals surface area contributed by atoms with Crippen molar-refractivity contribution in [2.75, 3.05) is 27.2 Å². The minimum atomic E-state index is -0.566. The van der Waals surface area contributed by atoms with Crippen molar-refractivity contribution in [2.24, 2.45) is 16.7 Å². The van der Waals surface area contributed by atoms with E-state index < -0.39 is 5.41 Å². The van der Waals surface area contributed by atoms with Gasteiger partial charge in [-0.05, 0) is 60.6 Å². The van der Waals surface area contributed by atoms with Gasteiger partial charge in [-0.2, -0.15) is 0 Å². The van der Waals surface area contributed by atoms with E-state index in [0.717, 1.165) is 25.8 Å². The molecule has 4 heteroatoms. The number of nitrogens with zero attached hydrogens (tertiary/aromatic N) is 2. The molecular weight excluding hydrogens is 396 g/mol. The molecule has 32 heavy (non-hydrogen) atoms. The maximum atomic E-state index is 13.6. The number of hydrogen-bond acceptors (Lipinski definition) is 2. The van der Waals surface area contributed by atoms with E-state index in [2.05, 4.69) is 48.5 Å². The lowest BCUT2D eigenvalue weighted by molar-refractivity contribution is -0.148. The van der Waals surface area contributed by atoms with Crippen molar-refractivity contribution in [1.29, 1.82) is 0 Å². The van der Waals surface area contributed by atoms with Gasteiger partial charge in [0.25, 0.3) is 0 Å². The summed E-state index contributed by atoms with van der Waals surface area (Å²) in [6.45, 7) is 1.33. The van der Waals surface area contributed by atoms with Crippen LogP contribution < -0.4 is 0 Å². The van der Waals surface area contributed by atoms with Crippen LogP contribution in [-0.4, -0.2) is 48.8 Å².